The Morgan fingerprint density at radius 2 is 1.70 bits per heavy atom. The third kappa shape index (κ3) is 4.10. The molecule has 3 aromatic rings. The molecule has 0 aliphatic carbocycles. The van der Waals surface area contributed by atoms with E-state index in [9.17, 15) is 0 Å². The van der Waals surface area contributed by atoms with Crippen LogP contribution in [0, 0.1) is 0 Å². The van der Waals surface area contributed by atoms with Crippen LogP contribution in [0.2, 0.25) is 0 Å². The number of aromatic nitrogens is 2. The van der Waals surface area contributed by atoms with Crippen molar-refractivity contribution in [1.82, 2.24) is 20.0 Å². The van der Waals surface area contributed by atoms with Gasteiger partial charge in [-0.3, -0.25) is 9.80 Å². The molecule has 156 valence electrons. The first-order chi connectivity index (χ1) is 14.8. The SMILES string of the molecule is COc1cccc(-c2nnc(CN3CCN(Cc4ccc5c(c4)OCO5)CC3)o2)c1. The van der Waals surface area contributed by atoms with E-state index in [-0.39, 0.29) is 0 Å². The van der Waals surface area contributed by atoms with Crippen molar-refractivity contribution in [2.45, 2.75) is 13.1 Å². The molecular formula is C22H24N4O4. The molecule has 2 aliphatic rings. The van der Waals surface area contributed by atoms with Gasteiger partial charge in [-0.25, -0.2) is 0 Å². The third-order valence-electron chi connectivity index (χ3n) is 5.45. The molecule has 0 radical (unpaired) electrons. The maximum atomic E-state index is 5.88. The van der Waals surface area contributed by atoms with E-state index < -0.39 is 0 Å². The van der Waals surface area contributed by atoms with E-state index in [1.807, 2.05) is 30.3 Å². The first-order valence-electron chi connectivity index (χ1n) is 10.1. The molecule has 0 bridgehead atoms. The summed E-state index contributed by atoms with van der Waals surface area (Å²) >= 11 is 0. The van der Waals surface area contributed by atoms with Gasteiger partial charge in [-0.05, 0) is 35.9 Å². The quantitative estimate of drug-likeness (QED) is 0.617. The Bertz CT molecular complexity index is 1010. The van der Waals surface area contributed by atoms with Gasteiger partial charge in [0.15, 0.2) is 11.5 Å². The lowest BCUT2D eigenvalue weighted by Crippen LogP contribution is -2.45. The number of hydrogen-bond acceptors (Lipinski definition) is 8. The highest BCUT2D eigenvalue weighted by Crippen LogP contribution is 2.33. The Kier molecular flexibility index (Phi) is 5.25. The molecule has 2 aliphatic heterocycles. The van der Waals surface area contributed by atoms with Crippen LogP contribution in [-0.2, 0) is 13.1 Å². The largest absolute Gasteiger partial charge is 0.497 e. The van der Waals surface area contributed by atoms with Crippen molar-refractivity contribution in [2.24, 2.45) is 0 Å². The van der Waals surface area contributed by atoms with E-state index in [2.05, 4.69) is 32.1 Å². The molecule has 1 fully saturated rings. The second-order valence-electron chi connectivity index (χ2n) is 7.47. The summed E-state index contributed by atoms with van der Waals surface area (Å²) in [6, 6.07) is 13.8. The fourth-order valence-electron chi connectivity index (χ4n) is 3.78. The monoisotopic (exact) mass is 408 g/mol. The van der Waals surface area contributed by atoms with Crippen LogP contribution in [0.5, 0.6) is 17.2 Å². The molecule has 0 spiro atoms. The van der Waals surface area contributed by atoms with Gasteiger partial charge in [0.05, 0.1) is 13.7 Å². The van der Waals surface area contributed by atoms with Crippen LogP contribution in [-0.4, -0.2) is 60.1 Å². The van der Waals surface area contributed by atoms with Crippen molar-refractivity contribution in [2.75, 3.05) is 40.1 Å². The Hall–Kier alpha value is -3.10. The lowest BCUT2D eigenvalue weighted by atomic mass is 10.1. The summed E-state index contributed by atoms with van der Waals surface area (Å²) in [6.07, 6.45) is 0. The average molecular weight is 408 g/mol. The van der Waals surface area contributed by atoms with Crippen LogP contribution in [0.1, 0.15) is 11.5 Å². The van der Waals surface area contributed by atoms with E-state index >= 15 is 0 Å². The molecule has 0 saturated carbocycles. The number of piperazine rings is 1. The summed E-state index contributed by atoms with van der Waals surface area (Å²) in [5, 5.41) is 8.42. The van der Waals surface area contributed by atoms with Gasteiger partial charge in [-0.15, -0.1) is 10.2 Å². The number of hydrogen-bond donors (Lipinski definition) is 0. The van der Waals surface area contributed by atoms with Crippen molar-refractivity contribution in [1.29, 1.82) is 0 Å². The van der Waals surface area contributed by atoms with E-state index in [1.165, 1.54) is 5.56 Å². The average Bonchev–Trinajstić information content (AvgIpc) is 3.44. The second kappa shape index (κ2) is 8.33. The zero-order chi connectivity index (χ0) is 20.3. The van der Waals surface area contributed by atoms with Crippen molar-refractivity contribution in [3.05, 3.63) is 53.9 Å². The van der Waals surface area contributed by atoms with Crippen LogP contribution in [0.4, 0.5) is 0 Å². The molecule has 2 aromatic carbocycles. The summed E-state index contributed by atoms with van der Waals surface area (Å²) in [7, 11) is 1.64. The molecule has 8 heteroatoms. The van der Waals surface area contributed by atoms with Gasteiger partial charge in [-0.2, -0.15) is 0 Å². The number of methoxy groups -OCH3 is 1. The van der Waals surface area contributed by atoms with Crippen LogP contribution < -0.4 is 14.2 Å². The van der Waals surface area contributed by atoms with E-state index in [1.54, 1.807) is 7.11 Å². The van der Waals surface area contributed by atoms with Gasteiger partial charge in [0.2, 0.25) is 18.6 Å². The summed E-state index contributed by atoms with van der Waals surface area (Å²) in [6.45, 7) is 5.78. The minimum absolute atomic E-state index is 0.312. The zero-order valence-electron chi connectivity index (χ0n) is 16.9. The second-order valence-corrected chi connectivity index (χ2v) is 7.47. The fraction of sp³-hybridized carbons (Fsp3) is 0.364. The van der Waals surface area contributed by atoms with Crippen molar-refractivity contribution < 1.29 is 18.6 Å². The lowest BCUT2D eigenvalue weighted by Gasteiger charge is -2.33. The van der Waals surface area contributed by atoms with Crippen LogP contribution in [0.15, 0.2) is 46.9 Å². The third-order valence-corrected chi connectivity index (χ3v) is 5.45. The van der Waals surface area contributed by atoms with Gasteiger partial charge in [0, 0.05) is 38.3 Å². The smallest absolute Gasteiger partial charge is 0.247 e. The van der Waals surface area contributed by atoms with Gasteiger partial charge < -0.3 is 18.6 Å². The Balaban J connectivity index is 1.14. The van der Waals surface area contributed by atoms with E-state index in [0.717, 1.165) is 55.5 Å². The van der Waals surface area contributed by atoms with Crippen LogP contribution in [0.25, 0.3) is 11.5 Å². The highest BCUT2D eigenvalue weighted by atomic mass is 16.7. The topological polar surface area (TPSA) is 73.1 Å². The number of nitrogens with zero attached hydrogens (tertiary/aromatic N) is 4. The molecule has 1 aromatic heterocycles. The molecule has 3 heterocycles. The highest BCUT2D eigenvalue weighted by Gasteiger charge is 2.21. The predicted molar refractivity (Wildman–Crippen MR) is 109 cm³/mol. The summed E-state index contributed by atoms with van der Waals surface area (Å²) in [5.74, 6) is 3.60. The molecule has 0 N–H and O–H groups in total. The maximum absolute atomic E-state index is 5.88. The Morgan fingerprint density at radius 1 is 0.900 bits per heavy atom. The molecule has 0 unspecified atom stereocenters. The molecule has 5 rings (SSSR count). The minimum atomic E-state index is 0.312. The van der Waals surface area contributed by atoms with Crippen molar-refractivity contribution in [3.63, 3.8) is 0 Å². The highest BCUT2D eigenvalue weighted by molar-refractivity contribution is 5.55. The molecule has 30 heavy (non-hydrogen) atoms. The zero-order valence-corrected chi connectivity index (χ0v) is 16.9. The van der Waals surface area contributed by atoms with Crippen molar-refractivity contribution >= 4 is 0 Å². The standard InChI is InChI=1S/C22H24N4O4/c1-27-18-4-2-3-17(12-18)22-24-23-21(30-22)14-26-9-7-25(8-10-26)13-16-5-6-19-20(11-16)29-15-28-19/h2-6,11-12H,7-10,13-15H2,1H3. The number of rotatable bonds is 6. The van der Waals surface area contributed by atoms with Crippen LogP contribution >= 0.6 is 0 Å². The minimum Gasteiger partial charge on any atom is -0.497 e. The lowest BCUT2D eigenvalue weighted by molar-refractivity contribution is 0.114. The normalized spacial score (nSPS) is 16.7. The van der Waals surface area contributed by atoms with E-state index in [0.29, 0.717) is 25.1 Å². The molecule has 1 saturated heterocycles. The number of ether oxygens (including phenoxy) is 3. The molecular weight excluding hydrogens is 384 g/mol. The van der Waals surface area contributed by atoms with E-state index in [4.69, 9.17) is 18.6 Å². The van der Waals surface area contributed by atoms with Gasteiger partial charge in [-0.1, -0.05) is 12.1 Å². The summed E-state index contributed by atoms with van der Waals surface area (Å²) < 4.78 is 22.0. The van der Waals surface area contributed by atoms with Gasteiger partial charge in [0.25, 0.3) is 0 Å². The number of fused-ring (bicyclic) bond motifs is 1. The maximum Gasteiger partial charge on any atom is 0.247 e. The summed E-state index contributed by atoms with van der Waals surface area (Å²) in [4.78, 5) is 4.79. The molecule has 0 atom stereocenters. The Labute approximate surface area is 175 Å². The van der Waals surface area contributed by atoms with Crippen molar-refractivity contribution in [3.8, 4) is 28.7 Å². The molecule has 0 amide bonds. The fourth-order valence-corrected chi connectivity index (χ4v) is 3.78. The van der Waals surface area contributed by atoms with Gasteiger partial charge in [0.1, 0.15) is 5.75 Å². The van der Waals surface area contributed by atoms with Gasteiger partial charge >= 0.3 is 0 Å². The van der Waals surface area contributed by atoms with Crippen LogP contribution in [0.3, 0.4) is 0 Å². The first kappa shape index (κ1) is 18.9. The first-order valence-corrected chi connectivity index (χ1v) is 10.1. The number of benzene rings is 2. The predicted octanol–water partition coefficient (Wildman–Crippen LogP) is 2.79. The summed E-state index contributed by atoms with van der Waals surface area (Å²) in [5.41, 5.74) is 2.11. The molecule has 8 nitrogen and oxygen atoms in total. The Morgan fingerprint density at radius 3 is 2.53 bits per heavy atom.